The van der Waals surface area contributed by atoms with Gasteiger partial charge in [0.1, 0.15) is 0 Å². The number of ether oxygens (including phenoxy) is 1. The first-order chi connectivity index (χ1) is 14.7. The molecule has 160 valence electrons. The predicted octanol–water partition coefficient (Wildman–Crippen LogP) is 0.928. The van der Waals surface area contributed by atoms with Crippen LogP contribution < -0.4 is 10.5 Å². The molecule has 1 aliphatic carbocycles. The van der Waals surface area contributed by atoms with Crippen molar-refractivity contribution in [2.75, 3.05) is 51.3 Å². The van der Waals surface area contributed by atoms with Gasteiger partial charge < -0.3 is 14.5 Å². The fourth-order valence-corrected chi connectivity index (χ4v) is 4.76. The Balaban J connectivity index is 1.25. The van der Waals surface area contributed by atoms with Crippen molar-refractivity contribution in [3.05, 3.63) is 34.9 Å². The standard InChI is InChI=1S/C22H29N5O3/c1-30-13-12-26-15-23-19-14-17(4-5-18(19)21(26)28)24-8-10-25(11-9-24)20-6-7-27(22(20)29)16-2-3-16/h4-5,14-16,20H,2-3,6-13H2,1H3. The van der Waals surface area contributed by atoms with Crippen LogP contribution in [0, 0.1) is 0 Å². The maximum Gasteiger partial charge on any atom is 0.261 e. The largest absolute Gasteiger partial charge is 0.383 e. The minimum atomic E-state index is -0.0339. The zero-order valence-corrected chi connectivity index (χ0v) is 17.5. The maximum atomic E-state index is 12.7. The molecule has 0 spiro atoms. The van der Waals surface area contributed by atoms with E-state index in [1.54, 1.807) is 18.0 Å². The second kappa shape index (κ2) is 8.00. The third-order valence-electron chi connectivity index (χ3n) is 6.66. The number of hydrogen-bond acceptors (Lipinski definition) is 6. The number of amides is 1. The van der Waals surface area contributed by atoms with Gasteiger partial charge in [-0.1, -0.05) is 0 Å². The molecule has 8 heteroatoms. The zero-order chi connectivity index (χ0) is 20.7. The zero-order valence-electron chi connectivity index (χ0n) is 17.5. The van der Waals surface area contributed by atoms with E-state index in [0.29, 0.717) is 30.5 Å². The average Bonchev–Trinajstić information content (AvgIpc) is 3.55. The lowest BCUT2D eigenvalue weighted by Crippen LogP contribution is -2.52. The van der Waals surface area contributed by atoms with Gasteiger partial charge in [-0.15, -0.1) is 0 Å². The molecule has 1 aromatic carbocycles. The summed E-state index contributed by atoms with van der Waals surface area (Å²) in [4.78, 5) is 36.6. The molecule has 1 atom stereocenters. The van der Waals surface area contributed by atoms with Crippen molar-refractivity contribution in [2.24, 2.45) is 0 Å². The van der Waals surface area contributed by atoms with Crippen molar-refractivity contribution in [1.29, 1.82) is 0 Å². The molecule has 30 heavy (non-hydrogen) atoms. The fraction of sp³-hybridized carbons (Fsp3) is 0.591. The van der Waals surface area contributed by atoms with E-state index in [4.69, 9.17) is 4.74 Å². The molecule has 2 aromatic rings. The third kappa shape index (κ3) is 3.58. The highest BCUT2D eigenvalue weighted by Crippen LogP contribution is 2.32. The van der Waals surface area contributed by atoms with Crippen LogP contribution in [-0.4, -0.2) is 83.8 Å². The van der Waals surface area contributed by atoms with E-state index >= 15 is 0 Å². The van der Waals surface area contributed by atoms with E-state index in [0.717, 1.165) is 50.3 Å². The Hall–Kier alpha value is -2.45. The van der Waals surface area contributed by atoms with Gasteiger partial charge in [0, 0.05) is 51.6 Å². The topological polar surface area (TPSA) is 70.9 Å². The van der Waals surface area contributed by atoms with Crippen LogP contribution in [0.1, 0.15) is 19.3 Å². The van der Waals surface area contributed by atoms with Crippen LogP contribution in [0.4, 0.5) is 5.69 Å². The lowest BCUT2D eigenvalue weighted by molar-refractivity contribution is -0.132. The Labute approximate surface area is 176 Å². The highest BCUT2D eigenvalue weighted by Gasteiger charge is 2.43. The molecule has 1 amide bonds. The number of anilines is 1. The lowest BCUT2D eigenvalue weighted by Gasteiger charge is -2.38. The van der Waals surface area contributed by atoms with E-state index in [2.05, 4.69) is 19.7 Å². The number of carbonyl (C=O) groups is 1. The first kappa shape index (κ1) is 19.5. The molecule has 0 N–H and O–H groups in total. The molecule has 2 saturated heterocycles. The summed E-state index contributed by atoms with van der Waals surface area (Å²) in [5, 5.41) is 0.632. The molecule has 3 aliphatic rings. The quantitative estimate of drug-likeness (QED) is 0.704. The Bertz CT molecular complexity index is 994. The van der Waals surface area contributed by atoms with Gasteiger partial charge in [-0.25, -0.2) is 4.98 Å². The summed E-state index contributed by atoms with van der Waals surface area (Å²) in [6.45, 7) is 5.44. The highest BCUT2D eigenvalue weighted by molar-refractivity contribution is 5.84. The number of piperazine rings is 1. The number of benzene rings is 1. The van der Waals surface area contributed by atoms with Gasteiger partial charge in [-0.2, -0.15) is 0 Å². The number of methoxy groups -OCH3 is 1. The summed E-state index contributed by atoms with van der Waals surface area (Å²) < 4.78 is 6.65. The van der Waals surface area contributed by atoms with Gasteiger partial charge in [0.25, 0.3) is 5.56 Å². The summed E-state index contributed by atoms with van der Waals surface area (Å²) in [6.07, 6.45) is 4.92. The Morgan fingerprint density at radius 1 is 1.07 bits per heavy atom. The first-order valence-corrected chi connectivity index (χ1v) is 10.9. The molecule has 1 unspecified atom stereocenters. The fourth-order valence-electron chi connectivity index (χ4n) is 4.76. The second-order valence-corrected chi connectivity index (χ2v) is 8.53. The summed E-state index contributed by atoms with van der Waals surface area (Å²) in [5.74, 6) is 0.339. The van der Waals surface area contributed by atoms with Crippen molar-refractivity contribution in [1.82, 2.24) is 19.4 Å². The van der Waals surface area contributed by atoms with Crippen LogP contribution in [0.25, 0.3) is 10.9 Å². The number of rotatable bonds is 6. The molecule has 2 aliphatic heterocycles. The minimum absolute atomic E-state index is 0.0339. The number of carbonyl (C=O) groups excluding carboxylic acids is 1. The van der Waals surface area contributed by atoms with E-state index < -0.39 is 0 Å². The van der Waals surface area contributed by atoms with Crippen molar-refractivity contribution in [3.8, 4) is 0 Å². The summed E-state index contributed by atoms with van der Waals surface area (Å²) in [7, 11) is 1.62. The number of nitrogens with zero attached hydrogens (tertiary/aromatic N) is 5. The van der Waals surface area contributed by atoms with Gasteiger partial charge in [0.05, 0.1) is 36.4 Å². The normalized spacial score (nSPS) is 23.0. The summed E-state index contributed by atoms with van der Waals surface area (Å²) in [6, 6.07) is 6.48. The third-order valence-corrected chi connectivity index (χ3v) is 6.66. The van der Waals surface area contributed by atoms with Crippen molar-refractivity contribution >= 4 is 22.5 Å². The van der Waals surface area contributed by atoms with Gasteiger partial charge in [-0.3, -0.25) is 19.1 Å². The predicted molar refractivity (Wildman–Crippen MR) is 115 cm³/mol. The Morgan fingerprint density at radius 3 is 2.60 bits per heavy atom. The Kier molecular flexibility index (Phi) is 5.20. The second-order valence-electron chi connectivity index (χ2n) is 8.53. The molecule has 8 nitrogen and oxygen atoms in total. The minimum Gasteiger partial charge on any atom is -0.383 e. The molecule has 0 radical (unpaired) electrons. The SMILES string of the molecule is COCCn1cnc2cc(N3CCN(C4CCN(C5CC5)C4=O)CC3)ccc2c1=O. The average molecular weight is 412 g/mol. The highest BCUT2D eigenvalue weighted by atomic mass is 16.5. The molecular weight excluding hydrogens is 382 g/mol. The van der Waals surface area contributed by atoms with Gasteiger partial charge >= 0.3 is 0 Å². The van der Waals surface area contributed by atoms with Crippen LogP contribution in [0.5, 0.6) is 0 Å². The van der Waals surface area contributed by atoms with Crippen LogP contribution >= 0.6 is 0 Å². The first-order valence-electron chi connectivity index (χ1n) is 10.9. The summed E-state index contributed by atoms with van der Waals surface area (Å²) in [5.41, 5.74) is 1.77. The Morgan fingerprint density at radius 2 is 1.87 bits per heavy atom. The monoisotopic (exact) mass is 411 g/mol. The molecule has 3 heterocycles. The van der Waals surface area contributed by atoms with Crippen molar-refractivity contribution in [3.63, 3.8) is 0 Å². The van der Waals surface area contributed by atoms with E-state index in [-0.39, 0.29) is 11.6 Å². The number of aromatic nitrogens is 2. The van der Waals surface area contributed by atoms with Gasteiger partial charge in [0.2, 0.25) is 5.91 Å². The van der Waals surface area contributed by atoms with E-state index in [1.807, 2.05) is 18.2 Å². The lowest BCUT2D eigenvalue weighted by atomic mass is 10.1. The molecule has 5 rings (SSSR count). The van der Waals surface area contributed by atoms with Crippen molar-refractivity contribution < 1.29 is 9.53 Å². The molecule has 3 fully saturated rings. The molecular formula is C22H29N5O3. The molecule has 1 aromatic heterocycles. The van der Waals surface area contributed by atoms with E-state index in [1.165, 1.54) is 12.8 Å². The van der Waals surface area contributed by atoms with Crippen molar-refractivity contribution in [2.45, 2.75) is 37.9 Å². The van der Waals surface area contributed by atoms with E-state index in [9.17, 15) is 9.59 Å². The van der Waals surface area contributed by atoms with Gasteiger partial charge in [-0.05, 0) is 37.5 Å². The van der Waals surface area contributed by atoms with Crippen LogP contribution in [-0.2, 0) is 16.1 Å². The number of hydrogen-bond donors (Lipinski definition) is 0. The smallest absolute Gasteiger partial charge is 0.261 e. The number of likely N-dealkylation sites (tertiary alicyclic amines) is 1. The maximum absolute atomic E-state index is 12.7. The molecule has 0 bridgehead atoms. The molecule has 1 saturated carbocycles. The van der Waals surface area contributed by atoms with Crippen LogP contribution in [0.3, 0.4) is 0 Å². The van der Waals surface area contributed by atoms with Crippen LogP contribution in [0.2, 0.25) is 0 Å². The van der Waals surface area contributed by atoms with Crippen LogP contribution in [0.15, 0.2) is 29.3 Å². The summed E-state index contributed by atoms with van der Waals surface area (Å²) >= 11 is 0. The van der Waals surface area contributed by atoms with Gasteiger partial charge in [0.15, 0.2) is 0 Å². The number of fused-ring (bicyclic) bond motifs is 1.